The smallest absolute Gasteiger partial charge is 0.240 e. The molecule has 0 bridgehead atoms. The normalized spacial score (nSPS) is 14.8. The molecule has 0 aliphatic carbocycles. The van der Waals surface area contributed by atoms with Gasteiger partial charge in [-0.2, -0.15) is 0 Å². The topological polar surface area (TPSA) is 96.0 Å². The lowest BCUT2D eigenvalue weighted by Gasteiger charge is -2.35. The van der Waals surface area contributed by atoms with Crippen LogP contribution in [-0.2, 0) is 21.4 Å². The Hall–Kier alpha value is -2.46. The number of piperazine rings is 1. The van der Waals surface area contributed by atoms with Crippen LogP contribution in [-0.4, -0.2) is 69.7 Å². The van der Waals surface area contributed by atoms with Crippen molar-refractivity contribution in [2.24, 2.45) is 0 Å². The van der Waals surface area contributed by atoms with Crippen LogP contribution in [0.25, 0.3) is 0 Å². The summed E-state index contributed by atoms with van der Waals surface area (Å²) < 4.78 is 32.7. The van der Waals surface area contributed by atoms with Gasteiger partial charge in [0.15, 0.2) is 5.78 Å². The van der Waals surface area contributed by atoms with Gasteiger partial charge in [0, 0.05) is 61.8 Å². The molecular formula is C23H28ClN3O5S. The van der Waals surface area contributed by atoms with E-state index in [1.54, 1.807) is 18.1 Å². The number of amides is 1. The number of carbonyl (C=O) groups is 2. The van der Waals surface area contributed by atoms with Crippen molar-refractivity contribution in [2.45, 2.75) is 24.8 Å². The molecule has 178 valence electrons. The number of sulfonamides is 1. The number of benzene rings is 2. The molecule has 0 atom stereocenters. The van der Waals surface area contributed by atoms with Crippen molar-refractivity contribution in [1.82, 2.24) is 14.5 Å². The monoisotopic (exact) mass is 493 g/mol. The molecule has 10 heteroatoms. The molecule has 0 spiro atoms. The van der Waals surface area contributed by atoms with Gasteiger partial charge in [-0.05, 0) is 37.3 Å². The fraction of sp³-hybridized carbons (Fsp3) is 0.391. The lowest BCUT2D eigenvalue weighted by molar-refractivity contribution is -0.132. The van der Waals surface area contributed by atoms with E-state index in [0.29, 0.717) is 43.3 Å². The molecule has 0 radical (unpaired) electrons. The molecule has 0 saturated carbocycles. The Morgan fingerprint density at radius 3 is 2.33 bits per heavy atom. The van der Waals surface area contributed by atoms with Crippen molar-refractivity contribution < 1.29 is 22.7 Å². The fourth-order valence-corrected chi connectivity index (χ4v) is 4.90. The minimum Gasteiger partial charge on any atom is -0.496 e. The average Bonchev–Trinajstić information content (AvgIpc) is 2.79. The van der Waals surface area contributed by atoms with Crippen molar-refractivity contribution in [2.75, 3.05) is 39.8 Å². The lowest BCUT2D eigenvalue weighted by atomic mass is 10.1. The van der Waals surface area contributed by atoms with E-state index < -0.39 is 10.0 Å². The number of halogens is 1. The van der Waals surface area contributed by atoms with E-state index in [9.17, 15) is 18.0 Å². The summed E-state index contributed by atoms with van der Waals surface area (Å²) in [6.45, 7) is 4.65. The summed E-state index contributed by atoms with van der Waals surface area (Å²) in [4.78, 5) is 27.9. The van der Waals surface area contributed by atoms with E-state index in [-0.39, 0.29) is 29.6 Å². The molecule has 1 fully saturated rings. The van der Waals surface area contributed by atoms with E-state index in [4.69, 9.17) is 16.3 Å². The highest BCUT2D eigenvalue weighted by Crippen LogP contribution is 2.24. The van der Waals surface area contributed by atoms with Gasteiger partial charge in [0.2, 0.25) is 15.9 Å². The molecule has 1 amide bonds. The molecule has 1 N–H and O–H groups in total. The van der Waals surface area contributed by atoms with Crippen molar-refractivity contribution in [3.05, 3.63) is 58.6 Å². The zero-order valence-electron chi connectivity index (χ0n) is 18.7. The molecular weight excluding hydrogens is 466 g/mol. The van der Waals surface area contributed by atoms with Crippen molar-refractivity contribution in [3.63, 3.8) is 0 Å². The van der Waals surface area contributed by atoms with Gasteiger partial charge in [0.05, 0.1) is 12.0 Å². The van der Waals surface area contributed by atoms with Gasteiger partial charge in [-0.1, -0.05) is 23.7 Å². The second kappa shape index (κ2) is 11.1. The number of ketones is 1. The molecule has 3 rings (SSSR count). The highest BCUT2D eigenvalue weighted by atomic mass is 35.5. The number of methoxy groups -OCH3 is 1. The number of nitrogens with one attached hydrogen (secondary N) is 1. The summed E-state index contributed by atoms with van der Waals surface area (Å²) in [6, 6.07) is 11.2. The first-order chi connectivity index (χ1) is 15.7. The fourth-order valence-electron chi connectivity index (χ4n) is 3.67. The maximum Gasteiger partial charge on any atom is 0.240 e. The zero-order valence-corrected chi connectivity index (χ0v) is 20.3. The molecule has 8 nitrogen and oxygen atoms in total. The third-order valence-electron chi connectivity index (χ3n) is 5.56. The molecule has 2 aromatic carbocycles. The van der Waals surface area contributed by atoms with Crippen molar-refractivity contribution in [3.8, 4) is 5.75 Å². The number of hydrogen-bond donors (Lipinski definition) is 1. The Bertz CT molecular complexity index is 1100. The molecule has 0 aromatic heterocycles. The maximum atomic E-state index is 12.5. The first kappa shape index (κ1) is 25.2. The van der Waals surface area contributed by atoms with E-state index >= 15 is 0 Å². The largest absolute Gasteiger partial charge is 0.496 e. The number of carbonyl (C=O) groups excluding carboxylic acids is 2. The van der Waals surface area contributed by atoms with Crippen LogP contribution in [0, 0.1) is 0 Å². The molecule has 1 heterocycles. The highest BCUT2D eigenvalue weighted by molar-refractivity contribution is 7.89. The lowest BCUT2D eigenvalue weighted by Crippen LogP contribution is -2.48. The summed E-state index contributed by atoms with van der Waals surface area (Å²) in [5, 5.41) is 0.650. The molecule has 1 aliphatic heterocycles. The van der Waals surface area contributed by atoms with E-state index in [2.05, 4.69) is 9.62 Å². The standard InChI is InChI=1S/C23H28ClN3O5S/c1-17(28)18-3-6-21(7-4-18)33(30,31)25-10-9-23(29)27-13-11-26(12-14-27)16-19-15-20(24)5-8-22(19)32-2/h3-8,15,25H,9-14,16H2,1-2H3. The average molecular weight is 494 g/mol. The summed E-state index contributed by atoms with van der Waals surface area (Å²) in [6.07, 6.45) is 0.0763. The second-order valence-electron chi connectivity index (χ2n) is 7.84. The first-order valence-electron chi connectivity index (χ1n) is 10.6. The number of hydrogen-bond acceptors (Lipinski definition) is 6. The summed E-state index contributed by atoms with van der Waals surface area (Å²) in [5.74, 6) is 0.551. The Balaban J connectivity index is 1.45. The van der Waals surface area contributed by atoms with E-state index in [1.807, 2.05) is 12.1 Å². The summed E-state index contributed by atoms with van der Waals surface area (Å²) in [5.41, 5.74) is 1.44. The van der Waals surface area contributed by atoms with Gasteiger partial charge in [-0.3, -0.25) is 14.5 Å². The van der Waals surface area contributed by atoms with Crippen LogP contribution in [0.4, 0.5) is 0 Å². The van der Waals surface area contributed by atoms with Crippen LogP contribution in [0.2, 0.25) is 5.02 Å². The van der Waals surface area contributed by atoms with Gasteiger partial charge in [-0.25, -0.2) is 13.1 Å². The Kier molecular flexibility index (Phi) is 8.47. The third-order valence-corrected chi connectivity index (χ3v) is 7.28. The second-order valence-corrected chi connectivity index (χ2v) is 10.0. The van der Waals surface area contributed by atoms with Gasteiger partial charge in [0.25, 0.3) is 0 Å². The Labute approximate surface area is 199 Å². The minimum atomic E-state index is -3.75. The zero-order chi connectivity index (χ0) is 24.0. The maximum absolute atomic E-state index is 12.5. The quantitative estimate of drug-likeness (QED) is 0.539. The van der Waals surface area contributed by atoms with Crippen molar-refractivity contribution in [1.29, 1.82) is 0 Å². The summed E-state index contributed by atoms with van der Waals surface area (Å²) in [7, 11) is -2.12. The molecule has 0 unspecified atom stereocenters. The van der Waals surface area contributed by atoms with Gasteiger partial charge in [-0.15, -0.1) is 0 Å². The van der Waals surface area contributed by atoms with Crippen LogP contribution < -0.4 is 9.46 Å². The van der Waals surface area contributed by atoms with Crippen LogP contribution in [0.15, 0.2) is 47.4 Å². The Morgan fingerprint density at radius 2 is 1.73 bits per heavy atom. The van der Waals surface area contributed by atoms with Gasteiger partial charge in [0.1, 0.15) is 5.75 Å². The van der Waals surface area contributed by atoms with Crippen LogP contribution in [0.5, 0.6) is 5.75 Å². The molecule has 33 heavy (non-hydrogen) atoms. The molecule has 2 aromatic rings. The van der Waals surface area contributed by atoms with Crippen LogP contribution in [0.3, 0.4) is 0 Å². The van der Waals surface area contributed by atoms with E-state index in [0.717, 1.165) is 11.3 Å². The molecule has 1 saturated heterocycles. The van der Waals surface area contributed by atoms with Crippen LogP contribution >= 0.6 is 11.6 Å². The SMILES string of the molecule is COc1ccc(Cl)cc1CN1CCN(C(=O)CCNS(=O)(=O)c2ccc(C(C)=O)cc2)CC1. The number of nitrogens with zero attached hydrogens (tertiary/aromatic N) is 2. The van der Waals surface area contributed by atoms with E-state index in [1.165, 1.54) is 31.2 Å². The molecule has 1 aliphatic rings. The number of rotatable bonds is 9. The number of Topliss-reactive ketones (excluding diaryl/α,β-unsaturated/α-hetero) is 1. The summed E-state index contributed by atoms with van der Waals surface area (Å²) >= 11 is 6.11. The van der Waals surface area contributed by atoms with Gasteiger partial charge >= 0.3 is 0 Å². The third kappa shape index (κ3) is 6.77. The Morgan fingerprint density at radius 1 is 1.06 bits per heavy atom. The highest BCUT2D eigenvalue weighted by Gasteiger charge is 2.22. The minimum absolute atomic E-state index is 0.00948. The predicted octanol–water partition coefficient (Wildman–Crippen LogP) is 2.56. The van der Waals surface area contributed by atoms with Crippen molar-refractivity contribution >= 4 is 33.3 Å². The number of ether oxygens (including phenoxy) is 1. The first-order valence-corrected chi connectivity index (χ1v) is 12.5. The van der Waals surface area contributed by atoms with Gasteiger partial charge < -0.3 is 9.64 Å². The van der Waals surface area contributed by atoms with Crippen LogP contribution in [0.1, 0.15) is 29.3 Å². The predicted molar refractivity (Wildman–Crippen MR) is 126 cm³/mol.